The monoisotopic (exact) mass is 240 g/mol. The van der Waals surface area contributed by atoms with Gasteiger partial charge in [-0.25, -0.2) is 0 Å². The number of hydrogen-bond acceptors (Lipinski definition) is 1. The van der Waals surface area contributed by atoms with Gasteiger partial charge in [-0.3, -0.25) is 0 Å². The normalized spacial score (nSPS) is 30.2. The predicted molar refractivity (Wildman–Crippen MR) is 75.2 cm³/mol. The molecule has 0 radical (unpaired) electrons. The Morgan fingerprint density at radius 3 is 2.00 bits per heavy atom. The number of methoxy groups -OCH3 is 1. The van der Waals surface area contributed by atoms with E-state index >= 15 is 0 Å². The summed E-state index contributed by atoms with van der Waals surface area (Å²) in [6.45, 7) is 9.37. The molecular formula is C16H32O. The first kappa shape index (κ1) is 15.0. The molecule has 0 bridgehead atoms. The Morgan fingerprint density at radius 2 is 1.65 bits per heavy atom. The van der Waals surface area contributed by atoms with E-state index in [0.29, 0.717) is 0 Å². The minimum atomic E-state index is 0.210. The summed E-state index contributed by atoms with van der Waals surface area (Å²) in [5, 5.41) is 0. The molecule has 0 N–H and O–H groups in total. The highest BCUT2D eigenvalue weighted by atomic mass is 16.5. The standard InChI is InChI=1S/C16H32O/c1-6-14(7-2)12-16(17-5)10-8-15(9-11-16)13(3)4/h13-15H,6-12H2,1-5H3. The van der Waals surface area contributed by atoms with Crippen LogP contribution in [0.25, 0.3) is 0 Å². The van der Waals surface area contributed by atoms with Gasteiger partial charge in [-0.05, 0) is 49.9 Å². The molecule has 1 saturated carbocycles. The molecule has 0 aliphatic heterocycles. The van der Waals surface area contributed by atoms with Crippen LogP contribution in [0, 0.1) is 17.8 Å². The fourth-order valence-electron chi connectivity index (χ4n) is 3.43. The van der Waals surface area contributed by atoms with Crippen molar-refractivity contribution >= 4 is 0 Å². The summed E-state index contributed by atoms with van der Waals surface area (Å²) in [6.07, 6.45) is 9.18. The van der Waals surface area contributed by atoms with Gasteiger partial charge in [0, 0.05) is 7.11 Å². The zero-order valence-electron chi connectivity index (χ0n) is 12.6. The lowest BCUT2D eigenvalue weighted by atomic mass is 9.71. The number of rotatable bonds is 6. The van der Waals surface area contributed by atoms with E-state index < -0.39 is 0 Å². The molecule has 0 saturated heterocycles. The van der Waals surface area contributed by atoms with Crippen LogP contribution < -0.4 is 0 Å². The van der Waals surface area contributed by atoms with Crippen molar-refractivity contribution in [1.82, 2.24) is 0 Å². The van der Waals surface area contributed by atoms with Crippen molar-refractivity contribution in [3.63, 3.8) is 0 Å². The van der Waals surface area contributed by atoms with Crippen LogP contribution in [0.4, 0.5) is 0 Å². The molecule has 1 heteroatoms. The molecule has 0 spiro atoms. The third-order valence-corrected chi connectivity index (χ3v) is 5.13. The Hall–Kier alpha value is -0.0400. The van der Waals surface area contributed by atoms with Gasteiger partial charge in [0.2, 0.25) is 0 Å². The van der Waals surface area contributed by atoms with Gasteiger partial charge in [0.25, 0.3) is 0 Å². The third kappa shape index (κ3) is 3.98. The molecule has 0 amide bonds. The van der Waals surface area contributed by atoms with Crippen molar-refractivity contribution < 1.29 is 4.74 Å². The minimum Gasteiger partial charge on any atom is -0.378 e. The summed E-state index contributed by atoms with van der Waals surface area (Å²) < 4.78 is 5.94. The van der Waals surface area contributed by atoms with Crippen molar-refractivity contribution in [2.24, 2.45) is 17.8 Å². The van der Waals surface area contributed by atoms with E-state index in [1.54, 1.807) is 0 Å². The van der Waals surface area contributed by atoms with Crippen LogP contribution in [-0.4, -0.2) is 12.7 Å². The lowest BCUT2D eigenvalue weighted by molar-refractivity contribution is -0.0696. The summed E-state index contributed by atoms with van der Waals surface area (Å²) in [6, 6.07) is 0. The fraction of sp³-hybridized carbons (Fsp3) is 1.00. The van der Waals surface area contributed by atoms with Crippen LogP contribution in [0.2, 0.25) is 0 Å². The SMILES string of the molecule is CCC(CC)CC1(OC)CCC(C(C)C)CC1. The highest BCUT2D eigenvalue weighted by molar-refractivity contribution is 4.89. The van der Waals surface area contributed by atoms with Crippen LogP contribution in [0.1, 0.15) is 72.6 Å². The van der Waals surface area contributed by atoms with Gasteiger partial charge >= 0.3 is 0 Å². The van der Waals surface area contributed by atoms with E-state index in [1.807, 2.05) is 7.11 Å². The van der Waals surface area contributed by atoms with Gasteiger partial charge in [-0.15, -0.1) is 0 Å². The van der Waals surface area contributed by atoms with Crippen LogP contribution in [0.15, 0.2) is 0 Å². The van der Waals surface area contributed by atoms with Crippen molar-refractivity contribution in [2.45, 2.75) is 78.2 Å². The van der Waals surface area contributed by atoms with Gasteiger partial charge in [0.15, 0.2) is 0 Å². The molecule has 1 nitrogen and oxygen atoms in total. The lowest BCUT2D eigenvalue weighted by Crippen LogP contribution is -2.39. The Balaban J connectivity index is 2.54. The maximum absolute atomic E-state index is 5.94. The molecule has 0 aromatic heterocycles. The first-order valence-corrected chi connectivity index (χ1v) is 7.62. The zero-order chi connectivity index (χ0) is 12.9. The summed E-state index contributed by atoms with van der Waals surface area (Å²) >= 11 is 0. The largest absolute Gasteiger partial charge is 0.378 e. The fourth-order valence-corrected chi connectivity index (χ4v) is 3.43. The van der Waals surface area contributed by atoms with Crippen LogP contribution in [0.3, 0.4) is 0 Å². The summed E-state index contributed by atoms with van der Waals surface area (Å²) in [4.78, 5) is 0. The average Bonchev–Trinajstić information content (AvgIpc) is 2.36. The quantitative estimate of drug-likeness (QED) is 0.631. The topological polar surface area (TPSA) is 9.23 Å². The molecule has 0 unspecified atom stereocenters. The molecule has 17 heavy (non-hydrogen) atoms. The molecule has 1 aliphatic rings. The molecule has 1 rings (SSSR count). The van der Waals surface area contributed by atoms with Crippen LogP contribution in [-0.2, 0) is 4.74 Å². The molecule has 0 heterocycles. The Morgan fingerprint density at radius 1 is 1.12 bits per heavy atom. The summed E-state index contributed by atoms with van der Waals surface area (Å²) in [7, 11) is 1.93. The molecule has 102 valence electrons. The Kier molecular flexibility index (Phi) is 5.99. The predicted octanol–water partition coefficient (Wildman–Crippen LogP) is 5.04. The second-order valence-corrected chi connectivity index (χ2v) is 6.36. The zero-order valence-corrected chi connectivity index (χ0v) is 12.6. The van der Waals surface area contributed by atoms with Crippen LogP contribution in [0.5, 0.6) is 0 Å². The van der Waals surface area contributed by atoms with Gasteiger partial charge in [-0.2, -0.15) is 0 Å². The highest BCUT2D eigenvalue weighted by Gasteiger charge is 2.37. The van der Waals surface area contributed by atoms with Crippen LogP contribution >= 0.6 is 0 Å². The number of hydrogen-bond donors (Lipinski definition) is 0. The van der Waals surface area contributed by atoms with E-state index in [9.17, 15) is 0 Å². The first-order chi connectivity index (χ1) is 8.06. The van der Waals surface area contributed by atoms with E-state index in [0.717, 1.165) is 17.8 Å². The number of ether oxygens (including phenoxy) is 1. The maximum Gasteiger partial charge on any atom is 0.0681 e. The smallest absolute Gasteiger partial charge is 0.0681 e. The van der Waals surface area contributed by atoms with Gasteiger partial charge in [-0.1, -0.05) is 40.5 Å². The highest BCUT2D eigenvalue weighted by Crippen LogP contribution is 2.42. The second-order valence-electron chi connectivity index (χ2n) is 6.36. The first-order valence-electron chi connectivity index (χ1n) is 7.62. The Labute approximate surface area is 108 Å². The van der Waals surface area contributed by atoms with Crippen molar-refractivity contribution in [2.75, 3.05) is 7.11 Å². The van der Waals surface area contributed by atoms with Crippen molar-refractivity contribution in [3.05, 3.63) is 0 Å². The van der Waals surface area contributed by atoms with Gasteiger partial charge in [0.05, 0.1) is 5.60 Å². The van der Waals surface area contributed by atoms with E-state index in [2.05, 4.69) is 27.7 Å². The molecule has 0 aromatic rings. The average molecular weight is 240 g/mol. The molecule has 1 fully saturated rings. The minimum absolute atomic E-state index is 0.210. The van der Waals surface area contributed by atoms with Crippen molar-refractivity contribution in [1.29, 1.82) is 0 Å². The Bertz CT molecular complexity index is 198. The lowest BCUT2D eigenvalue weighted by Gasteiger charge is -2.42. The second kappa shape index (κ2) is 6.78. The summed E-state index contributed by atoms with van der Waals surface area (Å²) in [5.41, 5.74) is 0.210. The maximum atomic E-state index is 5.94. The summed E-state index contributed by atoms with van der Waals surface area (Å²) in [5.74, 6) is 2.63. The van der Waals surface area contributed by atoms with E-state index in [4.69, 9.17) is 4.74 Å². The molecule has 1 aliphatic carbocycles. The van der Waals surface area contributed by atoms with Gasteiger partial charge < -0.3 is 4.74 Å². The molecule has 0 atom stereocenters. The van der Waals surface area contributed by atoms with Crippen molar-refractivity contribution in [3.8, 4) is 0 Å². The third-order valence-electron chi connectivity index (χ3n) is 5.13. The molecular weight excluding hydrogens is 208 g/mol. The van der Waals surface area contributed by atoms with Gasteiger partial charge in [0.1, 0.15) is 0 Å². The molecule has 0 aromatic carbocycles. The van der Waals surface area contributed by atoms with E-state index in [-0.39, 0.29) is 5.60 Å². The van der Waals surface area contributed by atoms with E-state index in [1.165, 1.54) is 44.9 Å².